The molecule has 2 aliphatic rings. The number of ether oxygens (including phenoxy) is 5. The third kappa shape index (κ3) is 7.34. The smallest absolute Gasteiger partial charge is 0.311 e. The number of fused-ring (bicyclic) bond motifs is 2. The van der Waals surface area contributed by atoms with Gasteiger partial charge in [0.25, 0.3) is 0 Å². The van der Waals surface area contributed by atoms with E-state index in [1.807, 2.05) is 49.4 Å². The number of hydrogen-bond acceptors (Lipinski definition) is 6. The van der Waals surface area contributed by atoms with Crippen LogP contribution in [0, 0.1) is 29.6 Å². The topological polar surface area (TPSA) is 63.2 Å². The van der Waals surface area contributed by atoms with Crippen molar-refractivity contribution in [1.82, 2.24) is 0 Å². The Kier molecular flexibility index (Phi) is 11.0. The van der Waals surface area contributed by atoms with Gasteiger partial charge in [0, 0.05) is 29.2 Å². The van der Waals surface area contributed by atoms with Crippen LogP contribution in [-0.2, 0) is 30.3 Å². The molecule has 0 saturated carbocycles. The molecule has 0 N–H and O–H groups in total. The lowest BCUT2D eigenvalue weighted by Crippen LogP contribution is -2.49. The maximum atomic E-state index is 13.8. The molecule has 0 unspecified atom stereocenters. The number of carbonyl (C=O) groups excluding carboxylic acids is 1. The summed E-state index contributed by atoms with van der Waals surface area (Å²) in [6, 6.07) is 17.8. The van der Waals surface area contributed by atoms with Crippen molar-refractivity contribution < 1.29 is 28.5 Å². The van der Waals surface area contributed by atoms with Gasteiger partial charge in [0.15, 0.2) is 6.29 Å². The maximum absolute atomic E-state index is 13.8. The Balaban J connectivity index is 1.66. The van der Waals surface area contributed by atoms with Gasteiger partial charge >= 0.3 is 5.97 Å². The highest BCUT2D eigenvalue weighted by Gasteiger charge is 2.45. The summed E-state index contributed by atoms with van der Waals surface area (Å²) in [6.45, 7) is 17.4. The summed E-state index contributed by atoms with van der Waals surface area (Å²) in [6.07, 6.45) is 3.29. The molecule has 0 aromatic heterocycles. The Morgan fingerprint density at radius 2 is 1.52 bits per heavy atom. The van der Waals surface area contributed by atoms with Crippen LogP contribution in [-0.4, -0.2) is 37.5 Å². The lowest BCUT2D eigenvalue weighted by molar-refractivity contribution is -0.286. The predicted molar refractivity (Wildman–Crippen MR) is 165 cm³/mol. The standard InChI is InChI=1S/C36H48O6/c1-9-31-25(5)33(39-21-28-13-11-10-12-14-28)24(4)22(2)15-16-23(3)32-26(6)34(27(7)35(37)40-31)42-36(41-32)29-17-19-30(38-8)20-18-29/h10-20,23-27,31-34,36H,2,9,21H2,1,3-8H3/b16-15+/t23-,24-,25-,26+,27+,31+,32-,33+,34-,36-/m0/s1. The van der Waals surface area contributed by atoms with Gasteiger partial charge in [-0.1, -0.05) is 101 Å². The largest absolute Gasteiger partial charge is 0.497 e. The first-order valence-electron chi connectivity index (χ1n) is 15.3. The van der Waals surface area contributed by atoms with E-state index < -0.39 is 12.2 Å². The van der Waals surface area contributed by atoms with Crippen molar-refractivity contribution in [3.63, 3.8) is 0 Å². The Bertz CT molecular complexity index is 1190. The van der Waals surface area contributed by atoms with E-state index in [4.69, 9.17) is 23.7 Å². The Morgan fingerprint density at radius 3 is 2.17 bits per heavy atom. The van der Waals surface area contributed by atoms with Crippen LogP contribution < -0.4 is 4.74 Å². The van der Waals surface area contributed by atoms with E-state index in [2.05, 4.69) is 65.5 Å². The number of cyclic esters (lactones) is 1. The molecule has 2 aromatic carbocycles. The van der Waals surface area contributed by atoms with Gasteiger partial charge in [-0.25, -0.2) is 0 Å². The molecule has 10 atom stereocenters. The molecule has 2 aliphatic heterocycles. The quantitative estimate of drug-likeness (QED) is 0.329. The van der Waals surface area contributed by atoms with E-state index in [-0.39, 0.29) is 54.1 Å². The normalized spacial score (nSPS) is 35.1. The van der Waals surface area contributed by atoms with Crippen molar-refractivity contribution in [1.29, 1.82) is 0 Å². The van der Waals surface area contributed by atoms with Gasteiger partial charge in [-0.15, -0.1) is 0 Å². The number of esters is 1. The second-order valence-corrected chi connectivity index (χ2v) is 12.0. The van der Waals surface area contributed by atoms with Crippen molar-refractivity contribution in [3.8, 4) is 5.75 Å². The zero-order valence-corrected chi connectivity index (χ0v) is 26.2. The predicted octanol–water partition coefficient (Wildman–Crippen LogP) is 7.69. The molecule has 2 aromatic rings. The Hall–Kier alpha value is -2.93. The molecule has 0 aliphatic carbocycles. The van der Waals surface area contributed by atoms with Gasteiger partial charge in [-0.2, -0.15) is 0 Å². The van der Waals surface area contributed by atoms with E-state index in [1.165, 1.54) is 0 Å². The fourth-order valence-electron chi connectivity index (χ4n) is 6.28. The number of hydrogen-bond donors (Lipinski definition) is 0. The minimum Gasteiger partial charge on any atom is -0.497 e. The summed E-state index contributed by atoms with van der Waals surface area (Å²) in [5, 5.41) is 0. The molecule has 2 heterocycles. The summed E-state index contributed by atoms with van der Waals surface area (Å²) >= 11 is 0. The van der Waals surface area contributed by atoms with Gasteiger partial charge in [0.2, 0.25) is 0 Å². The van der Waals surface area contributed by atoms with Crippen LogP contribution in [0.5, 0.6) is 5.75 Å². The molecule has 6 heteroatoms. The first-order chi connectivity index (χ1) is 20.1. The molecule has 1 saturated heterocycles. The third-order valence-electron chi connectivity index (χ3n) is 9.12. The Morgan fingerprint density at radius 1 is 0.857 bits per heavy atom. The first-order valence-corrected chi connectivity index (χ1v) is 15.3. The van der Waals surface area contributed by atoms with Gasteiger partial charge in [-0.3, -0.25) is 4.79 Å². The lowest BCUT2D eigenvalue weighted by Gasteiger charge is -2.44. The molecule has 1 fully saturated rings. The average molecular weight is 577 g/mol. The van der Waals surface area contributed by atoms with E-state index in [0.717, 1.165) is 22.4 Å². The van der Waals surface area contributed by atoms with Gasteiger partial charge in [0.1, 0.15) is 11.9 Å². The van der Waals surface area contributed by atoms with Gasteiger partial charge < -0.3 is 23.7 Å². The maximum Gasteiger partial charge on any atom is 0.311 e. The molecule has 0 radical (unpaired) electrons. The summed E-state index contributed by atoms with van der Waals surface area (Å²) < 4.78 is 31.3. The van der Waals surface area contributed by atoms with Crippen LogP contribution in [0.1, 0.15) is 65.4 Å². The summed E-state index contributed by atoms with van der Waals surface area (Å²) in [7, 11) is 1.64. The van der Waals surface area contributed by atoms with Crippen molar-refractivity contribution in [2.24, 2.45) is 29.6 Å². The van der Waals surface area contributed by atoms with Gasteiger partial charge in [0.05, 0.1) is 37.9 Å². The number of carbonyl (C=O) groups is 1. The zero-order chi connectivity index (χ0) is 30.4. The summed E-state index contributed by atoms with van der Waals surface area (Å²) in [5.74, 6) is -0.0215. The fraction of sp³-hybridized carbons (Fsp3) is 0.528. The number of benzene rings is 2. The molecule has 0 spiro atoms. The van der Waals surface area contributed by atoms with Crippen LogP contribution >= 0.6 is 0 Å². The minimum atomic E-state index is -0.611. The van der Waals surface area contributed by atoms with Crippen LogP contribution in [0.15, 0.2) is 78.9 Å². The number of allylic oxidation sites excluding steroid dienone is 1. The van der Waals surface area contributed by atoms with Crippen molar-refractivity contribution in [2.75, 3.05) is 7.11 Å². The second-order valence-electron chi connectivity index (χ2n) is 12.0. The lowest BCUT2D eigenvalue weighted by atomic mass is 9.80. The highest BCUT2D eigenvalue weighted by molar-refractivity contribution is 5.73. The van der Waals surface area contributed by atoms with E-state index in [1.54, 1.807) is 7.11 Å². The van der Waals surface area contributed by atoms with Crippen molar-refractivity contribution in [3.05, 3.63) is 90.0 Å². The number of rotatable bonds is 6. The third-order valence-corrected chi connectivity index (χ3v) is 9.12. The molecule has 42 heavy (non-hydrogen) atoms. The molecule has 2 bridgehead atoms. The van der Waals surface area contributed by atoms with Crippen molar-refractivity contribution in [2.45, 2.75) is 85.3 Å². The fourth-order valence-corrected chi connectivity index (χ4v) is 6.28. The van der Waals surface area contributed by atoms with Crippen molar-refractivity contribution >= 4 is 5.97 Å². The van der Waals surface area contributed by atoms with Crippen LogP contribution in [0.3, 0.4) is 0 Å². The SMILES string of the molecule is C=C1/C=C/[C@H](C)[C@@H]2O[C@H](c3ccc(OC)cc3)O[C@@H]([C@@H]2C)[C@@H](C)C(=O)O[C@H](CC)[C@H](C)[C@H](OCc2ccccc2)[C@H]1C. The zero-order valence-electron chi connectivity index (χ0n) is 26.2. The molecule has 6 nitrogen and oxygen atoms in total. The number of methoxy groups -OCH3 is 1. The van der Waals surface area contributed by atoms with E-state index in [9.17, 15) is 4.79 Å². The van der Waals surface area contributed by atoms with E-state index >= 15 is 0 Å². The van der Waals surface area contributed by atoms with Gasteiger partial charge in [-0.05, 0) is 31.0 Å². The highest BCUT2D eigenvalue weighted by atomic mass is 16.7. The summed E-state index contributed by atoms with van der Waals surface area (Å²) in [4.78, 5) is 13.8. The van der Waals surface area contributed by atoms with Crippen LogP contribution in [0.25, 0.3) is 0 Å². The Labute approximate surface area is 252 Å². The first kappa shape index (κ1) is 32.0. The molecular weight excluding hydrogens is 528 g/mol. The average Bonchev–Trinajstić information content (AvgIpc) is 3.01. The monoisotopic (exact) mass is 576 g/mol. The molecular formula is C36H48O6. The highest BCUT2D eigenvalue weighted by Crippen LogP contribution is 2.41. The van der Waals surface area contributed by atoms with Crippen LogP contribution in [0.2, 0.25) is 0 Å². The minimum absolute atomic E-state index is 0.00751. The summed E-state index contributed by atoms with van der Waals surface area (Å²) in [5.41, 5.74) is 2.96. The van der Waals surface area contributed by atoms with E-state index in [0.29, 0.717) is 13.0 Å². The van der Waals surface area contributed by atoms with Crippen LogP contribution in [0.4, 0.5) is 0 Å². The molecule has 4 rings (SSSR count). The second kappa shape index (κ2) is 14.5. The molecule has 228 valence electrons. The molecule has 0 amide bonds.